The highest BCUT2D eigenvalue weighted by atomic mass is 16.5. The lowest BCUT2D eigenvalue weighted by Gasteiger charge is -2.15. The molecule has 1 aliphatic rings. The Balaban J connectivity index is 2.02. The predicted molar refractivity (Wildman–Crippen MR) is 78.6 cm³/mol. The Morgan fingerprint density at radius 3 is 2.70 bits per heavy atom. The third-order valence-electron chi connectivity index (χ3n) is 3.53. The molecule has 122 valence electrons. The Bertz CT molecular complexity index is 657. The number of ether oxygens (including phenoxy) is 1. The molecule has 2 unspecified atom stereocenters. The number of carboxylic acids is 1. The van der Waals surface area contributed by atoms with Gasteiger partial charge < -0.3 is 20.5 Å². The molecule has 1 aromatic carbocycles. The summed E-state index contributed by atoms with van der Waals surface area (Å²) in [7, 11) is 1.13. The van der Waals surface area contributed by atoms with Crippen LogP contribution in [-0.4, -0.2) is 42.0 Å². The van der Waals surface area contributed by atoms with E-state index in [4.69, 9.17) is 5.11 Å². The van der Waals surface area contributed by atoms with Crippen LogP contribution in [0, 0.1) is 0 Å². The number of benzene rings is 1. The van der Waals surface area contributed by atoms with Crippen molar-refractivity contribution in [3.63, 3.8) is 0 Å². The van der Waals surface area contributed by atoms with Crippen molar-refractivity contribution < 1.29 is 29.0 Å². The normalized spacial score (nSPS) is 16.9. The maximum atomic E-state index is 12.0. The Hall–Kier alpha value is -2.90. The fraction of sp³-hybridized carbons (Fsp3) is 0.333. The molecule has 2 atom stereocenters. The van der Waals surface area contributed by atoms with Gasteiger partial charge in [0, 0.05) is 12.1 Å². The smallest absolute Gasteiger partial charge is 0.326 e. The molecule has 0 saturated carbocycles. The molecule has 3 N–H and O–H groups in total. The molecule has 0 bridgehead atoms. The van der Waals surface area contributed by atoms with E-state index in [1.165, 1.54) is 0 Å². The predicted octanol–water partition coefficient (Wildman–Crippen LogP) is 0.245. The number of esters is 1. The summed E-state index contributed by atoms with van der Waals surface area (Å²) in [6, 6.07) is 5.57. The Morgan fingerprint density at radius 2 is 2.04 bits per heavy atom. The Kier molecular flexibility index (Phi) is 4.95. The first-order chi connectivity index (χ1) is 10.9. The lowest BCUT2D eigenvalue weighted by Crippen LogP contribution is -2.43. The number of hydrogen-bond acceptors (Lipinski definition) is 5. The lowest BCUT2D eigenvalue weighted by atomic mass is 9.96. The van der Waals surface area contributed by atoms with Crippen molar-refractivity contribution >= 4 is 29.4 Å². The highest BCUT2D eigenvalue weighted by Gasteiger charge is 2.33. The van der Waals surface area contributed by atoms with Crippen LogP contribution in [0.15, 0.2) is 24.3 Å². The minimum atomic E-state index is -1.39. The largest absolute Gasteiger partial charge is 0.480 e. The molecule has 8 heteroatoms. The second-order valence-corrected chi connectivity index (χ2v) is 5.07. The standard InChI is InChI=1S/C15H16N2O6/c1-23-13(19)7-11(15(21)22)16-12(18)6-9-8-4-2-3-5-10(8)17-14(9)20/h2-5,9,11H,6-7H2,1H3,(H,16,18)(H,17,20)(H,21,22). The van der Waals surface area contributed by atoms with Crippen molar-refractivity contribution in [2.24, 2.45) is 0 Å². The first-order valence-corrected chi connectivity index (χ1v) is 6.91. The van der Waals surface area contributed by atoms with Crippen molar-refractivity contribution in [3.8, 4) is 0 Å². The number of fused-ring (bicyclic) bond motifs is 1. The molecule has 0 spiro atoms. The molecule has 0 saturated heterocycles. The van der Waals surface area contributed by atoms with E-state index >= 15 is 0 Å². The summed E-state index contributed by atoms with van der Waals surface area (Å²) >= 11 is 0. The number of carbonyl (C=O) groups is 4. The van der Waals surface area contributed by atoms with Gasteiger partial charge in [-0.1, -0.05) is 18.2 Å². The van der Waals surface area contributed by atoms with Crippen molar-refractivity contribution in [2.75, 3.05) is 12.4 Å². The van der Waals surface area contributed by atoms with Crippen molar-refractivity contribution in [2.45, 2.75) is 24.8 Å². The van der Waals surface area contributed by atoms with Crippen LogP contribution in [0.3, 0.4) is 0 Å². The molecule has 1 aromatic rings. The average Bonchev–Trinajstić information content (AvgIpc) is 2.82. The van der Waals surface area contributed by atoms with Crippen LogP contribution in [0.1, 0.15) is 24.3 Å². The Labute approximate surface area is 131 Å². The van der Waals surface area contributed by atoms with Crippen molar-refractivity contribution in [1.29, 1.82) is 0 Å². The third kappa shape index (κ3) is 3.85. The fourth-order valence-electron chi connectivity index (χ4n) is 2.37. The van der Waals surface area contributed by atoms with Gasteiger partial charge in [-0.3, -0.25) is 14.4 Å². The monoisotopic (exact) mass is 320 g/mol. The van der Waals surface area contributed by atoms with Crippen LogP contribution >= 0.6 is 0 Å². The molecule has 8 nitrogen and oxygen atoms in total. The molecule has 1 heterocycles. The van der Waals surface area contributed by atoms with E-state index in [1.54, 1.807) is 24.3 Å². The van der Waals surface area contributed by atoms with Gasteiger partial charge in [0.05, 0.1) is 19.4 Å². The number of amides is 2. The molecule has 23 heavy (non-hydrogen) atoms. The van der Waals surface area contributed by atoms with E-state index in [2.05, 4.69) is 15.4 Å². The maximum absolute atomic E-state index is 12.0. The van der Waals surface area contributed by atoms with Gasteiger partial charge in [0.25, 0.3) is 0 Å². The van der Waals surface area contributed by atoms with E-state index < -0.39 is 36.2 Å². The topological polar surface area (TPSA) is 122 Å². The van der Waals surface area contributed by atoms with Gasteiger partial charge in [-0.05, 0) is 11.6 Å². The number of nitrogens with one attached hydrogen (secondary N) is 2. The second kappa shape index (κ2) is 6.91. The SMILES string of the molecule is COC(=O)CC(NC(=O)CC1C(=O)Nc2ccccc21)C(=O)O. The van der Waals surface area contributed by atoms with Crippen LogP contribution < -0.4 is 10.6 Å². The van der Waals surface area contributed by atoms with E-state index in [0.717, 1.165) is 7.11 Å². The molecule has 2 rings (SSSR count). The summed E-state index contributed by atoms with van der Waals surface area (Å²) < 4.78 is 4.39. The van der Waals surface area contributed by atoms with Gasteiger partial charge in [-0.25, -0.2) is 4.79 Å². The summed E-state index contributed by atoms with van der Waals surface area (Å²) in [6.07, 6.45) is -0.682. The summed E-state index contributed by atoms with van der Waals surface area (Å²) in [6.45, 7) is 0. The number of aliphatic carboxylic acids is 1. The first-order valence-electron chi connectivity index (χ1n) is 6.91. The van der Waals surface area contributed by atoms with Crippen LogP contribution in [0.4, 0.5) is 5.69 Å². The summed E-state index contributed by atoms with van der Waals surface area (Å²) in [5, 5.41) is 13.9. The van der Waals surface area contributed by atoms with Crippen molar-refractivity contribution in [3.05, 3.63) is 29.8 Å². The van der Waals surface area contributed by atoms with Crippen molar-refractivity contribution in [1.82, 2.24) is 5.32 Å². The number of methoxy groups -OCH3 is 1. The minimum Gasteiger partial charge on any atom is -0.480 e. The van der Waals surface area contributed by atoms with Gasteiger partial charge in [0.15, 0.2) is 0 Å². The average molecular weight is 320 g/mol. The molecular formula is C15H16N2O6. The molecule has 1 aliphatic heterocycles. The molecule has 0 fully saturated rings. The van der Waals surface area contributed by atoms with E-state index in [9.17, 15) is 19.2 Å². The van der Waals surface area contributed by atoms with Gasteiger partial charge in [-0.2, -0.15) is 0 Å². The molecule has 0 radical (unpaired) electrons. The molecular weight excluding hydrogens is 304 g/mol. The fourth-order valence-corrected chi connectivity index (χ4v) is 2.37. The van der Waals surface area contributed by atoms with E-state index in [1.807, 2.05) is 0 Å². The summed E-state index contributed by atoms with van der Waals surface area (Å²) in [5.41, 5.74) is 1.33. The summed E-state index contributed by atoms with van der Waals surface area (Å²) in [5.74, 6) is -3.72. The van der Waals surface area contributed by atoms with Crippen LogP contribution in [0.5, 0.6) is 0 Å². The first kappa shape index (κ1) is 16.5. The van der Waals surface area contributed by atoms with Crippen LogP contribution in [-0.2, 0) is 23.9 Å². The number of para-hydroxylation sites is 1. The zero-order valence-electron chi connectivity index (χ0n) is 12.4. The molecule has 0 aliphatic carbocycles. The minimum absolute atomic E-state index is 0.201. The van der Waals surface area contributed by atoms with Crippen LogP contribution in [0.2, 0.25) is 0 Å². The number of hydrogen-bond donors (Lipinski definition) is 3. The van der Waals surface area contributed by atoms with Gasteiger partial charge in [0.2, 0.25) is 11.8 Å². The van der Waals surface area contributed by atoms with Crippen LogP contribution in [0.25, 0.3) is 0 Å². The third-order valence-corrected chi connectivity index (χ3v) is 3.53. The highest BCUT2D eigenvalue weighted by Crippen LogP contribution is 2.34. The quantitative estimate of drug-likeness (QED) is 0.646. The number of anilines is 1. The van der Waals surface area contributed by atoms with Gasteiger partial charge >= 0.3 is 11.9 Å². The molecule has 2 amide bonds. The van der Waals surface area contributed by atoms with Gasteiger partial charge in [0.1, 0.15) is 6.04 Å². The number of carboxylic acid groups (broad SMARTS) is 1. The summed E-state index contributed by atoms with van der Waals surface area (Å²) in [4.78, 5) is 46.2. The maximum Gasteiger partial charge on any atom is 0.326 e. The highest BCUT2D eigenvalue weighted by molar-refractivity contribution is 6.05. The second-order valence-electron chi connectivity index (χ2n) is 5.07. The molecule has 0 aromatic heterocycles. The van der Waals surface area contributed by atoms with E-state index in [-0.39, 0.29) is 12.3 Å². The number of rotatable bonds is 6. The van der Waals surface area contributed by atoms with E-state index in [0.29, 0.717) is 11.3 Å². The Morgan fingerprint density at radius 1 is 1.35 bits per heavy atom. The zero-order valence-corrected chi connectivity index (χ0v) is 12.4. The lowest BCUT2D eigenvalue weighted by molar-refractivity contribution is -0.148. The van der Waals surface area contributed by atoms with Gasteiger partial charge in [-0.15, -0.1) is 0 Å². The number of carbonyl (C=O) groups excluding carboxylic acids is 3. The zero-order chi connectivity index (χ0) is 17.0.